The highest BCUT2D eigenvalue weighted by Gasteiger charge is 2.45. The summed E-state index contributed by atoms with van der Waals surface area (Å²) in [6.45, 7) is 7.14. The van der Waals surface area contributed by atoms with Crippen molar-refractivity contribution in [3.05, 3.63) is 34.9 Å². The number of alkyl halides is 2. The first-order valence-electron chi connectivity index (χ1n) is 16.9. The monoisotopic (exact) mass is 700 g/mol. The van der Waals surface area contributed by atoms with Crippen molar-refractivity contribution in [1.29, 1.82) is 0 Å². The van der Waals surface area contributed by atoms with Gasteiger partial charge in [-0.05, 0) is 48.6 Å². The molecule has 1 aliphatic carbocycles. The molecule has 0 aromatic heterocycles. The van der Waals surface area contributed by atoms with Gasteiger partial charge in [-0.15, -0.1) is 0 Å². The molecule has 2 fully saturated rings. The quantitative estimate of drug-likeness (QED) is 0.194. The van der Waals surface area contributed by atoms with E-state index in [9.17, 15) is 41.5 Å². The van der Waals surface area contributed by atoms with Crippen LogP contribution in [0.1, 0.15) is 88.6 Å². The molecule has 2 aliphatic rings. The molecule has 11 nitrogen and oxygen atoms in total. The Morgan fingerprint density at radius 1 is 0.959 bits per heavy atom. The lowest BCUT2D eigenvalue weighted by Gasteiger charge is -2.31. The number of carbonyl (C=O) groups excluding carboxylic acids is 4. The SMILES string of the molecule is CC(C)COC(=O)N[C@H](C(=O)N1CC(C2CCCCC2)CC1C(=O)N[C@@H](CC(F)F)C(=O)NCCc1c(F)cc(C(=O)O)cc1F)C(C)C. The van der Waals surface area contributed by atoms with E-state index in [0.717, 1.165) is 32.1 Å². The molecule has 274 valence electrons. The number of ether oxygens (including phenoxy) is 1. The number of likely N-dealkylation sites (tertiary alicyclic amines) is 1. The average Bonchev–Trinajstić information content (AvgIpc) is 3.49. The van der Waals surface area contributed by atoms with Crippen LogP contribution in [0, 0.1) is 35.3 Å². The molecule has 0 radical (unpaired) electrons. The highest BCUT2D eigenvalue weighted by Crippen LogP contribution is 2.38. The Bertz CT molecular complexity index is 1320. The van der Waals surface area contributed by atoms with Crippen LogP contribution in [0.4, 0.5) is 22.4 Å². The molecule has 2 unspecified atom stereocenters. The fourth-order valence-electron chi connectivity index (χ4n) is 6.49. The number of aromatic carboxylic acids is 1. The van der Waals surface area contributed by atoms with Gasteiger partial charge < -0.3 is 30.7 Å². The van der Waals surface area contributed by atoms with Crippen molar-refractivity contribution >= 4 is 29.8 Å². The van der Waals surface area contributed by atoms with Gasteiger partial charge in [0, 0.05) is 25.1 Å². The Hall–Kier alpha value is -3.91. The van der Waals surface area contributed by atoms with Crippen LogP contribution in [0.15, 0.2) is 12.1 Å². The van der Waals surface area contributed by atoms with E-state index < -0.39 is 96.5 Å². The Kier molecular flexibility index (Phi) is 14.7. The van der Waals surface area contributed by atoms with E-state index >= 15 is 0 Å². The maximum absolute atomic E-state index is 14.4. The number of hydrogen-bond acceptors (Lipinski definition) is 6. The summed E-state index contributed by atoms with van der Waals surface area (Å²) in [5.41, 5.74) is -1.11. The summed E-state index contributed by atoms with van der Waals surface area (Å²) in [4.78, 5) is 65.7. The minimum absolute atomic E-state index is 0.0552. The number of carboxylic acid groups (broad SMARTS) is 1. The number of benzene rings is 1. The molecule has 3 rings (SSSR count). The number of nitrogens with zero attached hydrogens (tertiary/aromatic N) is 1. The summed E-state index contributed by atoms with van der Waals surface area (Å²) in [5.74, 6) is -6.32. The third-order valence-corrected chi connectivity index (χ3v) is 9.10. The first kappa shape index (κ1) is 39.5. The molecule has 0 spiro atoms. The van der Waals surface area contributed by atoms with Crippen LogP contribution in [-0.2, 0) is 25.5 Å². The first-order chi connectivity index (χ1) is 23.1. The molecule has 1 aromatic rings. The first-order valence-corrected chi connectivity index (χ1v) is 16.9. The summed E-state index contributed by atoms with van der Waals surface area (Å²) < 4.78 is 61.1. The number of carboxylic acids is 1. The van der Waals surface area contributed by atoms with E-state index in [1.54, 1.807) is 13.8 Å². The molecule has 15 heteroatoms. The van der Waals surface area contributed by atoms with Crippen LogP contribution in [0.5, 0.6) is 0 Å². The maximum atomic E-state index is 14.4. The molecule has 1 heterocycles. The zero-order chi connectivity index (χ0) is 36.4. The van der Waals surface area contributed by atoms with Crippen molar-refractivity contribution in [2.24, 2.45) is 23.7 Å². The highest BCUT2D eigenvalue weighted by atomic mass is 19.3. The second kappa shape index (κ2) is 18.2. The van der Waals surface area contributed by atoms with Gasteiger partial charge in [-0.25, -0.2) is 27.2 Å². The molecular weight excluding hydrogens is 652 g/mol. The molecule has 1 aliphatic heterocycles. The van der Waals surface area contributed by atoms with E-state index in [-0.39, 0.29) is 43.2 Å². The van der Waals surface area contributed by atoms with Crippen LogP contribution in [0.25, 0.3) is 0 Å². The van der Waals surface area contributed by atoms with Gasteiger partial charge in [-0.1, -0.05) is 59.8 Å². The minimum atomic E-state index is -3.00. The van der Waals surface area contributed by atoms with Crippen molar-refractivity contribution in [2.75, 3.05) is 19.7 Å². The van der Waals surface area contributed by atoms with Gasteiger partial charge >= 0.3 is 12.1 Å². The lowest BCUT2D eigenvalue weighted by atomic mass is 9.79. The molecule has 1 aromatic carbocycles. The van der Waals surface area contributed by atoms with Gasteiger partial charge in [0.25, 0.3) is 0 Å². The second-order valence-electron chi connectivity index (χ2n) is 13.7. The maximum Gasteiger partial charge on any atom is 0.407 e. The van der Waals surface area contributed by atoms with Crippen molar-refractivity contribution in [3.8, 4) is 0 Å². The lowest BCUT2D eigenvalue weighted by molar-refractivity contribution is -0.141. The van der Waals surface area contributed by atoms with E-state index in [1.165, 1.54) is 4.90 Å². The number of hydrogen-bond donors (Lipinski definition) is 4. The van der Waals surface area contributed by atoms with Crippen LogP contribution in [0.2, 0.25) is 0 Å². The Morgan fingerprint density at radius 3 is 2.14 bits per heavy atom. The van der Waals surface area contributed by atoms with Crippen LogP contribution in [-0.4, -0.2) is 84.0 Å². The summed E-state index contributed by atoms with van der Waals surface area (Å²) in [6, 6.07) is -2.60. The molecule has 49 heavy (non-hydrogen) atoms. The van der Waals surface area contributed by atoms with Crippen LogP contribution < -0.4 is 16.0 Å². The number of alkyl carbamates (subject to hydrolysis) is 1. The fourth-order valence-corrected chi connectivity index (χ4v) is 6.49. The largest absolute Gasteiger partial charge is 0.478 e. The van der Waals surface area contributed by atoms with Crippen molar-refractivity contribution in [2.45, 2.75) is 104 Å². The molecule has 1 saturated heterocycles. The topological polar surface area (TPSA) is 154 Å². The zero-order valence-electron chi connectivity index (χ0n) is 28.4. The predicted molar refractivity (Wildman–Crippen MR) is 171 cm³/mol. The van der Waals surface area contributed by atoms with Gasteiger partial charge in [-0.3, -0.25) is 14.4 Å². The molecule has 4 amide bonds. The number of halogens is 4. The van der Waals surface area contributed by atoms with Crippen molar-refractivity contribution < 1.29 is 51.4 Å². The van der Waals surface area contributed by atoms with E-state index in [1.807, 2.05) is 13.8 Å². The van der Waals surface area contributed by atoms with Gasteiger partial charge in [0.2, 0.25) is 24.1 Å². The number of nitrogens with one attached hydrogen (secondary N) is 3. The normalized spacial score (nSPS) is 19.5. The third-order valence-electron chi connectivity index (χ3n) is 9.10. The second-order valence-corrected chi connectivity index (χ2v) is 13.7. The van der Waals surface area contributed by atoms with Crippen molar-refractivity contribution in [1.82, 2.24) is 20.9 Å². The van der Waals surface area contributed by atoms with Crippen LogP contribution in [0.3, 0.4) is 0 Å². The van der Waals surface area contributed by atoms with Gasteiger partial charge in [-0.2, -0.15) is 0 Å². The molecule has 0 bridgehead atoms. The summed E-state index contributed by atoms with van der Waals surface area (Å²) in [7, 11) is 0. The third kappa shape index (κ3) is 11.3. The van der Waals surface area contributed by atoms with E-state index in [4.69, 9.17) is 9.84 Å². The standard InChI is InChI=1S/C34H48F4N4O7/c1-18(2)17-49-34(48)41-29(19(3)4)32(45)42-16-22(20-8-6-5-7-9-20)14-27(42)31(44)40-26(15-28(37)38)30(43)39-11-10-23-24(35)12-21(33(46)47)13-25(23)36/h12-13,18-20,22,26-29H,5-11,14-17H2,1-4H3,(H,39,43)(H,40,44)(H,41,48)(H,46,47)/t22?,26-,27?,29-/m0/s1. The Balaban J connectivity index is 1.77. The fraction of sp³-hybridized carbons (Fsp3) is 0.676. The van der Waals surface area contributed by atoms with E-state index in [2.05, 4.69) is 16.0 Å². The summed E-state index contributed by atoms with van der Waals surface area (Å²) >= 11 is 0. The van der Waals surface area contributed by atoms with Crippen LogP contribution >= 0.6 is 0 Å². The number of amides is 4. The number of rotatable bonds is 15. The molecule has 4 N–H and O–H groups in total. The minimum Gasteiger partial charge on any atom is -0.478 e. The summed E-state index contributed by atoms with van der Waals surface area (Å²) in [6.07, 6.45) is -0.0581. The highest BCUT2D eigenvalue weighted by molar-refractivity contribution is 5.94. The lowest BCUT2D eigenvalue weighted by Crippen LogP contribution is -2.57. The predicted octanol–water partition coefficient (Wildman–Crippen LogP) is 4.67. The van der Waals surface area contributed by atoms with Gasteiger partial charge in [0.05, 0.1) is 12.2 Å². The van der Waals surface area contributed by atoms with Crippen molar-refractivity contribution in [3.63, 3.8) is 0 Å². The zero-order valence-corrected chi connectivity index (χ0v) is 28.4. The Labute approximate surface area is 283 Å². The number of carbonyl (C=O) groups is 5. The van der Waals surface area contributed by atoms with E-state index in [0.29, 0.717) is 12.1 Å². The molecule has 1 saturated carbocycles. The summed E-state index contributed by atoms with van der Waals surface area (Å²) in [5, 5.41) is 16.3. The Morgan fingerprint density at radius 2 is 1.59 bits per heavy atom. The average molecular weight is 701 g/mol. The van der Waals surface area contributed by atoms with Gasteiger partial charge in [0.15, 0.2) is 0 Å². The molecule has 4 atom stereocenters. The van der Waals surface area contributed by atoms with Gasteiger partial charge in [0.1, 0.15) is 29.8 Å². The molecular formula is C34H48F4N4O7. The smallest absolute Gasteiger partial charge is 0.407 e.